The fourth-order valence-electron chi connectivity index (χ4n) is 1.89. The molecule has 88 valence electrons. The molecule has 0 aliphatic rings. The van der Waals surface area contributed by atoms with Gasteiger partial charge in [0, 0.05) is 24.5 Å². The maximum absolute atomic E-state index is 4.41. The van der Waals surface area contributed by atoms with Crippen LogP contribution in [0.3, 0.4) is 0 Å². The maximum atomic E-state index is 4.41. The molecule has 18 heavy (non-hydrogen) atoms. The van der Waals surface area contributed by atoms with E-state index in [-0.39, 0.29) is 0 Å². The number of hydrogen-bond acceptors (Lipinski definition) is 3. The van der Waals surface area contributed by atoms with Crippen molar-refractivity contribution < 1.29 is 0 Å². The summed E-state index contributed by atoms with van der Waals surface area (Å²) in [6, 6.07) is 14.2. The molecule has 0 saturated carbocycles. The first kappa shape index (κ1) is 11.1. The lowest BCUT2D eigenvalue weighted by Crippen LogP contribution is -1.91. The highest BCUT2D eigenvalue weighted by atomic mass is 32.1. The Morgan fingerprint density at radius 1 is 0.889 bits per heavy atom. The average Bonchev–Trinajstić information content (AvgIpc) is 2.89. The smallest absolute Gasteiger partial charge is 0.0804 e. The Hall–Kier alpha value is -2.00. The van der Waals surface area contributed by atoms with Crippen LogP contribution in [-0.4, -0.2) is 9.97 Å². The molecule has 3 aromatic rings. The quantitative estimate of drug-likeness (QED) is 0.708. The fraction of sp³-hybridized carbons (Fsp3) is 0.0667. The molecule has 2 nitrogen and oxygen atoms in total. The first-order chi connectivity index (χ1) is 8.93. The molecular formula is C15H12N2S. The van der Waals surface area contributed by atoms with Gasteiger partial charge < -0.3 is 0 Å². The summed E-state index contributed by atoms with van der Waals surface area (Å²) in [5, 5.41) is 2.11. The molecule has 0 aliphatic heterocycles. The van der Waals surface area contributed by atoms with E-state index in [4.69, 9.17) is 0 Å². The lowest BCUT2D eigenvalue weighted by atomic mass is 10.1. The first-order valence-electron chi connectivity index (χ1n) is 5.81. The summed E-state index contributed by atoms with van der Waals surface area (Å²) in [5.41, 5.74) is 3.42. The normalized spacial score (nSPS) is 10.4. The van der Waals surface area contributed by atoms with E-state index >= 15 is 0 Å². The monoisotopic (exact) mass is 252 g/mol. The van der Waals surface area contributed by atoms with Gasteiger partial charge in [-0.05, 0) is 41.3 Å². The summed E-state index contributed by atoms with van der Waals surface area (Å²) in [5.74, 6) is 0. The van der Waals surface area contributed by atoms with Crippen molar-refractivity contribution in [3.05, 3.63) is 71.5 Å². The minimum atomic E-state index is 0.857. The Morgan fingerprint density at radius 2 is 1.72 bits per heavy atom. The maximum Gasteiger partial charge on any atom is 0.0804 e. The average molecular weight is 252 g/mol. The lowest BCUT2D eigenvalue weighted by molar-refractivity contribution is 1.08. The Labute approximate surface area is 110 Å². The zero-order valence-electron chi connectivity index (χ0n) is 9.78. The minimum absolute atomic E-state index is 0.857. The van der Waals surface area contributed by atoms with E-state index in [1.165, 1.54) is 10.4 Å². The molecule has 3 aromatic heterocycles. The van der Waals surface area contributed by atoms with Crippen LogP contribution in [-0.2, 0) is 6.42 Å². The van der Waals surface area contributed by atoms with Gasteiger partial charge in [-0.25, -0.2) is 0 Å². The van der Waals surface area contributed by atoms with Gasteiger partial charge in [0.1, 0.15) is 0 Å². The van der Waals surface area contributed by atoms with Gasteiger partial charge in [0.15, 0.2) is 0 Å². The van der Waals surface area contributed by atoms with Crippen LogP contribution in [0.4, 0.5) is 0 Å². The van der Waals surface area contributed by atoms with Crippen LogP contribution in [0.1, 0.15) is 11.3 Å². The molecule has 0 saturated heterocycles. The third kappa shape index (κ3) is 2.31. The van der Waals surface area contributed by atoms with Crippen LogP contribution in [0.15, 0.2) is 60.2 Å². The van der Waals surface area contributed by atoms with Crippen LogP contribution in [0.5, 0.6) is 0 Å². The van der Waals surface area contributed by atoms with Gasteiger partial charge in [-0.2, -0.15) is 0 Å². The second kappa shape index (κ2) is 5.10. The molecule has 3 heteroatoms. The predicted octanol–water partition coefficient (Wildman–Crippen LogP) is 3.80. The number of aromatic nitrogens is 2. The van der Waals surface area contributed by atoms with E-state index in [0.717, 1.165) is 17.8 Å². The highest BCUT2D eigenvalue weighted by molar-refractivity contribution is 7.13. The molecule has 0 bridgehead atoms. The van der Waals surface area contributed by atoms with Gasteiger partial charge in [-0.15, -0.1) is 11.3 Å². The van der Waals surface area contributed by atoms with Crippen LogP contribution in [0.2, 0.25) is 0 Å². The van der Waals surface area contributed by atoms with Gasteiger partial charge in [0.2, 0.25) is 0 Å². The van der Waals surface area contributed by atoms with Crippen LogP contribution >= 0.6 is 11.3 Å². The number of nitrogens with zero attached hydrogens (tertiary/aromatic N) is 2. The van der Waals surface area contributed by atoms with Gasteiger partial charge in [0.25, 0.3) is 0 Å². The topological polar surface area (TPSA) is 25.8 Å². The van der Waals surface area contributed by atoms with E-state index in [1.807, 2.05) is 42.7 Å². The van der Waals surface area contributed by atoms with Crippen molar-refractivity contribution in [3.63, 3.8) is 0 Å². The molecule has 0 radical (unpaired) electrons. The van der Waals surface area contributed by atoms with Crippen LogP contribution in [0, 0.1) is 0 Å². The summed E-state index contributed by atoms with van der Waals surface area (Å²) in [6.07, 6.45) is 4.53. The van der Waals surface area contributed by atoms with Gasteiger partial charge in [-0.1, -0.05) is 12.1 Å². The fourth-order valence-corrected chi connectivity index (χ4v) is 2.80. The highest BCUT2D eigenvalue weighted by Crippen LogP contribution is 2.29. The molecule has 0 aromatic carbocycles. The molecule has 0 aliphatic carbocycles. The molecular weight excluding hydrogens is 240 g/mol. The summed E-state index contributed by atoms with van der Waals surface area (Å²) < 4.78 is 0. The van der Waals surface area contributed by atoms with Crippen molar-refractivity contribution in [2.45, 2.75) is 6.42 Å². The largest absolute Gasteiger partial charge is 0.261 e. The lowest BCUT2D eigenvalue weighted by Gasteiger charge is -2.02. The van der Waals surface area contributed by atoms with Crippen molar-refractivity contribution in [1.29, 1.82) is 0 Å². The van der Waals surface area contributed by atoms with Crippen molar-refractivity contribution >= 4 is 11.3 Å². The molecule has 0 atom stereocenters. The van der Waals surface area contributed by atoms with Crippen molar-refractivity contribution in [2.75, 3.05) is 0 Å². The highest BCUT2D eigenvalue weighted by Gasteiger charge is 2.08. The molecule has 0 spiro atoms. The van der Waals surface area contributed by atoms with Gasteiger partial charge in [0.05, 0.1) is 10.6 Å². The molecule has 0 unspecified atom stereocenters. The third-order valence-electron chi connectivity index (χ3n) is 2.74. The second-order valence-electron chi connectivity index (χ2n) is 3.99. The summed E-state index contributed by atoms with van der Waals surface area (Å²) >= 11 is 1.73. The second-order valence-corrected chi connectivity index (χ2v) is 4.90. The van der Waals surface area contributed by atoms with E-state index < -0.39 is 0 Å². The summed E-state index contributed by atoms with van der Waals surface area (Å²) in [6.45, 7) is 0. The van der Waals surface area contributed by atoms with E-state index in [9.17, 15) is 0 Å². The molecule has 3 heterocycles. The van der Waals surface area contributed by atoms with E-state index in [2.05, 4.69) is 27.5 Å². The Kier molecular flexibility index (Phi) is 3.15. The standard InChI is InChI=1S/C15H12N2S/c1-3-8-16-13(5-1)11-12-7-10-18-15(12)14-6-2-4-9-17-14/h1-10H,11H2. The number of rotatable bonds is 3. The molecule has 0 fully saturated rings. The number of thiophene rings is 1. The SMILES string of the molecule is c1ccc(Cc2ccsc2-c2ccccn2)nc1. The Bertz CT molecular complexity index is 617. The summed E-state index contributed by atoms with van der Waals surface area (Å²) in [4.78, 5) is 10.0. The first-order valence-corrected chi connectivity index (χ1v) is 6.69. The van der Waals surface area contributed by atoms with Crippen LogP contribution < -0.4 is 0 Å². The zero-order valence-corrected chi connectivity index (χ0v) is 10.6. The van der Waals surface area contributed by atoms with Gasteiger partial charge >= 0.3 is 0 Å². The van der Waals surface area contributed by atoms with Crippen molar-refractivity contribution in [1.82, 2.24) is 9.97 Å². The Balaban J connectivity index is 1.93. The third-order valence-corrected chi connectivity index (χ3v) is 3.72. The van der Waals surface area contributed by atoms with Crippen molar-refractivity contribution in [2.24, 2.45) is 0 Å². The molecule has 0 N–H and O–H groups in total. The van der Waals surface area contributed by atoms with Crippen molar-refractivity contribution in [3.8, 4) is 10.6 Å². The summed E-state index contributed by atoms with van der Waals surface area (Å²) in [7, 11) is 0. The predicted molar refractivity (Wildman–Crippen MR) is 74.6 cm³/mol. The zero-order chi connectivity index (χ0) is 12.2. The number of pyridine rings is 2. The van der Waals surface area contributed by atoms with E-state index in [1.54, 1.807) is 11.3 Å². The minimum Gasteiger partial charge on any atom is -0.261 e. The van der Waals surface area contributed by atoms with Gasteiger partial charge in [-0.3, -0.25) is 9.97 Å². The van der Waals surface area contributed by atoms with Crippen LogP contribution in [0.25, 0.3) is 10.6 Å². The van der Waals surface area contributed by atoms with E-state index in [0.29, 0.717) is 0 Å². The Morgan fingerprint density at radius 3 is 2.44 bits per heavy atom. The number of hydrogen-bond donors (Lipinski definition) is 0. The molecule has 0 amide bonds. The molecule has 3 rings (SSSR count).